The van der Waals surface area contributed by atoms with Crippen LogP contribution in [-0.4, -0.2) is 17.1 Å². The summed E-state index contributed by atoms with van der Waals surface area (Å²) in [4.78, 5) is 8.10. The molecule has 0 atom stereocenters. The zero-order chi connectivity index (χ0) is 14.5. The zero-order valence-electron chi connectivity index (χ0n) is 11.9. The van der Waals surface area contributed by atoms with Crippen molar-refractivity contribution in [3.63, 3.8) is 0 Å². The maximum absolute atomic E-state index is 5.24. The minimum absolute atomic E-state index is 0.739. The van der Waals surface area contributed by atoms with E-state index < -0.39 is 0 Å². The van der Waals surface area contributed by atoms with Crippen LogP contribution >= 0.6 is 0 Å². The molecule has 0 bridgehead atoms. The van der Waals surface area contributed by atoms with Crippen molar-refractivity contribution in [1.82, 2.24) is 15.3 Å². The summed E-state index contributed by atoms with van der Waals surface area (Å²) in [5, 5.41) is 5.80. The van der Waals surface area contributed by atoms with Crippen LogP contribution in [0.5, 0.6) is 5.75 Å². The molecule has 3 rings (SSSR count). The highest BCUT2D eigenvalue weighted by molar-refractivity contribution is 5.84. The van der Waals surface area contributed by atoms with Gasteiger partial charge in [-0.2, -0.15) is 0 Å². The van der Waals surface area contributed by atoms with Crippen LogP contribution in [0.15, 0.2) is 55.0 Å². The van der Waals surface area contributed by atoms with E-state index in [2.05, 4.69) is 39.6 Å². The highest BCUT2D eigenvalue weighted by Gasteiger charge is 1.99. The lowest BCUT2D eigenvalue weighted by Crippen LogP contribution is -2.13. The van der Waals surface area contributed by atoms with E-state index in [1.165, 1.54) is 16.3 Å². The predicted molar refractivity (Wildman–Crippen MR) is 83.1 cm³/mol. The highest BCUT2D eigenvalue weighted by Crippen LogP contribution is 2.21. The van der Waals surface area contributed by atoms with Gasteiger partial charge in [0.05, 0.1) is 12.8 Å². The molecule has 0 spiro atoms. The van der Waals surface area contributed by atoms with E-state index in [0.29, 0.717) is 0 Å². The van der Waals surface area contributed by atoms with Crippen LogP contribution in [0.1, 0.15) is 11.3 Å². The third-order valence-corrected chi connectivity index (χ3v) is 3.39. The average molecular weight is 279 g/mol. The van der Waals surface area contributed by atoms with Crippen LogP contribution in [-0.2, 0) is 13.1 Å². The van der Waals surface area contributed by atoms with Gasteiger partial charge < -0.3 is 10.1 Å². The Hall–Kier alpha value is -2.46. The minimum Gasteiger partial charge on any atom is -0.497 e. The van der Waals surface area contributed by atoms with Crippen LogP contribution in [0.25, 0.3) is 10.8 Å². The minimum atomic E-state index is 0.739. The number of fused-ring (bicyclic) bond motifs is 1. The largest absolute Gasteiger partial charge is 0.497 e. The molecule has 0 saturated carbocycles. The Labute approximate surface area is 123 Å². The smallest absolute Gasteiger partial charge is 0.119 e. The Kier molecular flexibility index (Phi) is 4.07. The first-order valence-corrected chi connectivity index (χ1v) is 6.87. The normalized spacial score (nSPS) is 10.7. The summed E-state index contributed by atoms with van der Waals surface area (Å²) >= 11 is 0. The third-order valence-electron chi connectivity index (χ3n) is 3.39. The molecule has 4 nitrogen and oxygen atoms in total. The molecule has 0 aliphatic heterocycles. The summed E-state index contributed by atoms with van der Waals surface area (Å²) < 4.78 is 5.24. The van der Waals surface area contributed by atoms with Crippen LogP contribution < -0.4 is 10.1 Å². The van der Waals surface area contributed by atoms with Gasteiger partial charge in [0.2, 0.25) is 0 Å². The number of hydrogen-bond acceptors (Lipinski definition) is 4. The van der Waals surface area contributed by atoms with Crippen molar-refractivity contribution in [3.8, 4) is 5.75 Å². The van der Waals surface area contributed by atoms with E-state index in [9.17, 15) is 0 Å². The Balaban J connectivity index is 1.67. The van der Waals surface area contributed by atoms with Gasteiger partial charge in [-0.25, -0.2) is 9.97 Å². The van der Waals surface area contributed by atoms with Crippen molar-refractivity contribution in [2.75, 3.05) is 7.11 Å². The van der Waals surface area contributed by atoms with E-state index in [-0.39, 0.29) is 0 Å². The zero-order valence-corrected chi connectivity index (χ0v) is 11.9. The van der Waals surface area contributed by atoms with Crippen molar-refractivity contribution in [2.45, 2.75) is 13.1 Å². The lowest BCUT2D eigenvalue weighted by molar-refractivity contribution is 0.415. The van der Waals surface area contributed by atoms with Gasteiger partial charge in [0.15, 0.2) is 0 Å². The lowest BCUT2D eigenvalue weighted by atomic mass is 10.1. The molecule has 3 aromatic rings. The first-order chi connectivity index (χ1) is 10.3. The molecule has 1 heterocycles. The molecule has 4 heteroatoms. The Bertz CT molecular complexity index is 728. The maximum atomic E-state index is 5.24. The van der Waals surface area contributed by atoms with Crippen LogP contribution in [0.2, 0.25) is 0 Å². The number of nitrogens with one attached hydrogen (secondary N) is 1. The molecule has 0 unspecified atom stereocenters. The molecule has 0 aliphatic carbocycles. The fourth-order valence-electron chi connectivity index (χ4n) is 2.27. The molecule has 2 aromatic carbocycles. The second kappa shape index (κ2) is 6.33. The molecule has 1 aromatic heterocycles. The number of benzene rings is 2. The van der Waals surface area contributed by atoms with Crippen molar-refractivity contribution >= 4 is 10.8 Å². The topological polar surface area (TPSA) is 47.0 Å². The predicted octanol–water partition coefficient (Wildman–Crippen LogP) is 2.93. The van der Waals surface area contributed by atoms with Crippen molar-refractivity contribution in [1.29, 1.82) is 0 Å². The van der Waals surface area contributed by atoms with Gasteiger partial charge in [-0.15, -0.1) is 0 Å². The van der Waals surface area contributed by atoms with Crippen LogP contribution in [0, 0.1) is 0 Å². The first-order valence-electron chi connectivity index (χ1n) is 6.87. The van der Waals surface area contributed by atoms with Crippen molar-refractivity contribution in [3.05, 3.63) is 66.2 Å². The first kappa shape index (κ1) is 13.5. The molecule has 0 radical (unpaired) electrons. The maximum Gasteiger partial charge on any atom is 0.119 e. The number of ether oxygens (including phenoxy) is 1. The quantitative estimate of drug-likeness (QED) is 0.780. The van der Waals surface area contributed by atoms with E-state index in [4.69, 9.17) is 4.74 Å². The molecule has 0 amide bonds. The lowest BCUT2D eigenvalue weighted by Gasteiger charge is -2.07. The molecule has 21 heavy (non-hydrogen) atoms. The molecular weight excluding hydrogens is 262 g/mol. The Morgan fingerprint density at radius 3 is 2.67 bits per heavy atom. The van der Waals surface area contributed by atoms with Crippen LogP contribution in [0.3, 0.4) is 0 Å². The second-order valence-electron chi connectivity index (χ2n) is 4.85. The number of methoxy groups -OCH3 is 1. The fourth-order valence-corrected chi connectivity index (χ4v) is 2.27. The van der Waals surface area contributed by atoms with Gasteiger partial charge in [0.1, 0.15) is 12.1 Å². The van der Waals surface area contributed by atoms with Crippen molar-refractivity contribution in [2.24, 2.45) is 0 Å². The number of rotatable bonds is 5. The Morgan fingerprint density at radius 2 is 1.86 bits per heavy atom. The van der Waals surface area contributed by atoms with Gasteiger partial charge in [-0.3, -0.25) is 0 Å². The SMILES string of the molecule is COc1ccc2cc(CNCc3ccncn3)ccc2c1. The van der Waals surface area contributed by atoms with E-state index in [1.807, 2.05) is 18.2 Å². The second-order valence-corrected chi connectivity index (χ2v) is 4.85. The van der Waals surface area contributed by atoms with Gasteiger partial charge >= 0.3 is 0 Å². The molecule has 1 N–H and O–H groups in total. The highest BCUT2D eigenvalue weighted by atomic mass is 16.5. The molecule has 0 fully saturated rings. The summed E-state index contributed by atoms with van der Waals surface area (Å²) in [6.45, 7) is 1.55. The summed E-state index contributed by atoms with van der Waals surface area (Å²) in [7, 11) is 1.69. The van der Waals surface area contributed by atoms with Crippen LogP contribution in [0.4, 0.5) is 0 Å². The van der Waals surface area contributed by atoms with E-state index in [1.54, 1.807) is 19.6 Å². The van der Waals surface area contributed by atoms with Gasteiger partial charge in [0, 0.05) is 19.3 Å². The number of nitrogens with zero attached hydrogens (tertiary/aromatic N) is 2. The Morgan fingerprint density at radius 1 is 1.00 bits per heavy atom. The van der Waals surface area contributed by atoms with Crippen molar-refractivity contribution < 1.29 is 4.74 Å². The van der Waals surface area contributed by atoms with Gasteiger partial charge in [-0.05, 0) is 40.6 Å². The van der Waals surface area contributed by atoms with E-state index in [0.717, 1.165) is 24.5 Å². The summed E-state index contributed by atoms with van der Waals surface area (Å²) in [6.07, 6.45) is 3.33. The summed E-state index contributed by atoms with van der Waals surface area (Å²) in [5.74, 6) is 0.886. The van der Waals surface area contributed by atoms with Gasteiger partial charge in [0.25, 0.3) is 0 Å². The van der Waals surface area contributed by atoms with Gasteiger partial charge in [-0.1, -0.05) is 18.2 Å². The molecule has 0 aliphatic rings. The molecule has 0 saturated heterocycles. The monoisotopic (exact) mass is 279 g/mol. The third kappa shape index (κ3) is 3.35. The van der Waals surface area contributed by atoms with E-state index >= 15 is 0 Å². The molecular formula is C17H17N3O. The summed E-state index contributed by atoms with van der Waals surface area (Å²) in [5.41, 5.74) is 2.25. The summed E-state index contributed by atoms with van der Waals surface area (Å²) in [6, 6.07) is 14.5. The molecule has 106 valence electrons. The number of aromatic nitrogens is 2. The average Bonchev–Trinajstić information content (AvgIpc) is 2.55. The number of hydrogen-bond donors (Lipinski definition) is 1. The fraction of sp³-hybridized carbons (Fsp3) is 0.176. The standard InChI is InChI=1S/C17H17N3O/c1-21-17-5-4-14-8-13(2-3-15(14)9-17)10-19-11-16-6-7-18-12-20-16/h2-9,12,19H,10-11H2,1H3.